The van der Waals surface area contributed by atoms with Crippen LogP contribution in [0.5, 0.6) is 5.75 Å². The standard InChI is InChI=1S/C35H44Cl2N2O8/c1-20(2)16-29-35(44)47-27(22(4)33(42)32(37)24-10-7-6-8-11-24)12-9-13-30(40)39-26(34(43)38-21(3)17-31(41)46-29)19-23-14-15-28(45-5)25(36)18-23/h6-11,13-15,18,20-22,26-27,29,32-33,42H,12,16-17,19H2,1-5H3,(H,38,43)(H,39,40)/b13-9+/t21-,22+,26-,27+,29+,32+,33-/m1/s1. The summed E-state index contributed by atoms with van der Waals surface area (Å²) in [7, 11) is 1.49. The van der Waals surface area contributed by atoms with Crippen molar-refractivity contribution in [3.63, 3.8) is 0 Å². The lowest BCUT2D eigenvalue weighted by atomic mass is 9.90. The molecule has 0 saturated heterocycles. The van der Waals surface area contributed by atoms with Gasteiger partial charge in [0.15, 0.2) is 6.10 Å². The Labute approximate surface area is 286 Å². The molecule has 12 heteroatoms. The van der Waals surface area contributed by atoms with E-state index < -0.39 is 65.4 Å². The van der Waals surface area contributed by atoms with Crippen LogP contribution in [0, 0.1) is 11.8 Å². The first-order valence-electron chi connectivity index (χ1n) is 15.7. The number of aliphatic hydroxyl groups is 1. The smallest absolute Gasteiger partial charge is 0.347 e. The second-order valence-corrected chi connectivity index (χ2v) is 13.1. The van der Waals surface area contributed by atoms with Gasteiger partial charge >= 0.3 is 11.9 Å². The molecule has 0 bridgehead atoms. The van der Waals surface area contributed by atoms with Crippen LogP contribution < -0.4 is 15.4 Å². The number of nitrogens with one attached hydrogen (secondary N) is 2. The molecule has 0 unspecified atom stereocenters. The van der Waals surface area contributed by atoms with Gasteiger partial charge in [-0.3, -0.25) is 14.4 Å². The molecule has 0 saturated carbocycles. The highest BCUT2D eigenvalue weighted by Crippen LogP contribution is 2.32. The van der Waals surface area contributed by atoms with Gasteiger partial charge in [-0.2, -0.15) is 0 Å². The van der Waals surface area contributed by atoms with Crippen LogP contribution >= 0.6 is 23.2 Å². The number of amides is 2. The van der Waals surface area contributed by atoms with E-state index in [1.807, 2.05) is 19.9 Å². The number of cyclic esters (lactones) is 2. The Hall–Kier alpha value is -3.60. The molecule has 3 N–H and O–H groups in total. The molecular weight excluding hydrogens is 647 g/mol. The number of rotatable bonds is 9. The fourth-order valence-corrected chi connectivity index (χ4v) is 5.85. The van der Waals surface area contributed by atoms with E-state index in [0.717, 1.165) is 0 Å². The molecule has 10 nitrogen and oxygen atoms in total. The first kappa shape index (κ1) is 37.9. The average molecular weight is 692 g/mol. The van der Waals surface area contributed by atoms with Crippen LogP contribution in [0.1, 0.15) is 63.5 Å². The van der Waals surface area contributed by atoms with E-state index >= 15 is 0 Å². The molecule has 1 aliphatic heterocycles. The third kappa shape index (κ3) is 11.6. The maximum Gasteiger partial charge on any atom is 0.347 e. The lowest BCUT2D eigenvalue weighted by molar-refractivity contribution is -0.176. The van der Waals surface area contributed by atoms with Crippen LogP contribution in [0.2, 0.25) is 5.02 Å². The number of benzene rings is 2. The van der Waals surface area contributed by atoms with Crippen molar-refractivity contribution in [1.82, 2.24) is 10.6 Å². The highest BCUT2D eigenvalue weighted by Gasteiger charge is 2.35. The van der Waals surface area contributed by atoms with Crippen molar-refractivity contribution in [1.29, 1.82) is 0 Å². The van der Waals surface area contributed by atoms with Crippen molar-refractivity contribution in [3.05, 3.63) is 76.8 Å². The summed E-state index contributed by atoms with van der Waals surface area (Å²) < 4.78 is 16.7. The Morgan fingerprint density at radius 3 is 2.36 bits per heavy atom. The molecule has 0 aliphatic carbocycles. The van der Waals surface area contributed by atoms with Crippen LogP contribution in [0.4, 0.5) is 0 Å². The van der Waals surface area contributed by atoms with Gasteiger partial charge in [0.05, 0.1) is 30.0 Å². The molecule has 7 atom stereocenters. The lowest BCUT2D eigenvalue weighted by Gasteiger charge is -2.31. The third-order valence-electron chi connectivity index (χ3n) is 7.82. The van der Waals surface area contributed by atoms with Crippen LogP contribution in [0.25, 0.3) is 0 Å². The number of esters is 2. The molecular formula is C35H44Cl2N2O8. The van der Waals surface area contributed by atoms with Crippen molar-refractivity contribution >= 4 is 47.0 Å². The SMILES string of the molecule is COc1ccc(C[C@H]2NC(=O)/C=C/C[C@@H]([C@H](C)[C@@H](O)[C@@H](Cl)c3ccccc3)OC(=O)[C@H](CC(C)C)OC(=O)C[C@@H](C)NC2=O)cc1Cl. The molecule has 0 fully saturated rings. The number of hydrogen-bond donors (Lipinski definition) is 3. The van der Waals surface area contributed by atoms with Crippen molar-refractivity contribution in [2.75, 3.05) is 7.11 Å². The van der Waals surface area contributed by atoms with E-state index in [1.54, 1.807) is 56.3 Å². The first-order valence-corrected chi connectivity index (χ1v) is 16.5. The number of methoxy groups -OCH3 is 1. The molecule has 256 valence electrons. The second-order valence-electron chi connectivity index (χ2n) is 12.2. The molecule has 2 aromatic rings. The highest BCUT2D eigenvalue weighted by molar-refractivity contribution is 6.32. The summed E-state index contributed by atoms with van der Waals surface area (Å²) in [5.74, 6) is -2.82. The summed E-state index contributed by atoms with van der Waals surface area (Å²) in [6, 6.07) is 12.4. The molecule has 0 radical (unpaired) electrons. The molecule has 2 amide bonds. The second kappa shape index (κ2) is 18.1. The largest absolute Gasteiger partial charge is 0.495 e. The predicted octanol–water partition coefficient (Wildman–Crippen LogP) is 5.08. The minimum absolute atomic E-state index is 0.0225. The number of carbonyl (C=O) groups is 4. The Kier molecular flexibility index (Phi) is 14.6. The summed E-state index contributed by atoms with van der Waals surface area (Å²) in [5, 5.41) is 16.2. The van der Waals surface area contributed by atoms with Crippen LogP contribution in [-0.4, -0.2) is 66.4 Å². The maximum absolute atomic E-state index is 13.4. The van der Waals surface area contributed by atoms with Crippen molar-refractivity contribution in [2.24, 2.45) is 11.8 Å². The minimum Gasteiger partial charge on any atom is -0.495 e. The van der Waals surface area contributed by atoms with E-state index in [2.05, 4.69) is 10.6 Å². The number of ether oxygens (including phenoxy) is 3. The Morgan fingerprint density at radius 2 is 1.72 bits per heavy atom. The van der Waals surface area contributed by atoms with Crippen molar-refractivity contribution in [3.8, 4) is 5.75 Å². The van der Waals surface area contributed by atoms with E-state index in [4.69, 9.17) is 37.4 Å². The third-order valence-corrected chi connectivity index (χ3v) is 8.63. The van der Waals surface area contributed by atoms with Gasteiger partial charge in [-0.15, -0.1) is 11.6 Å². The normalized spacial score (nSPS) is 24.3. The van der Waals surface area contributed by atoms with E-state index in [9.17, 15) is 24.3 Å². The van der Waals surface area contributed by atoms with E-state index in [0.29, 0.717) is 21.9 Å². The monoisotopic (exact) mass is 690 g/mol. The number of aliphatic hydroxyl groups excluding tert-OH is 1. The topological polar surface area (TPSA) is 140 Å². The highest BCUT2D eigenvalue weighted by atomic mass is 35.5. The van der Waals surface area contributed by atoms with Crippen molar-refractivity contribution < 1.29 is 38.5 Å². The summed E-state index contributed by atoms with van der Waals surface area (Å²) >= 11 is 12.9. The lowest BCUT2D eigenvalue weighted by Crippen LogP contribution is -2.50. The van der Waals surface area contributed by atoms with Crippen LogP contribution in [0.15, 0.2) is 60.7 Å². The summed E-state index contributed by atoms with van der Waals surface area (Å²) in [4.78, 5) is 52.9. The van der Waals surface area contributed by atoms with Gasteiger partial charge in [0.2, 0.25) is 11.8 Å². The zero-order valence-corrected chi connectivity index (χ0v) is 28.8. The summed E-state index contributed by atoms with van der Waals surface area (Å²) in [5.41, 5.74) is 1.35. The van der Waals surface area contributed by atoms with E-state index in [1.165, 1.54) is 19.3 Å². The quantitative estimate of drug-likeness (QED) is 0.245. The zero-order chi connectivity index (χ0) is 34.7. The van der Waals surface area contributed by atoms with Gasteiger partial charge in [-0.25, -0.2) is 4.79 Å². The Bertz CT molecular complexity index is 1400. The number of alkyl halides is 1. The molecule has 1 aliphatic rings. The molecule has 0 aromatic heterocycles. The number of carbonyl (C=O) groups excluding carboxylic acids is 4. The summed E-state index contributed by atoms with van der Waals surface area (Å²) in [6.07, 6.45) is -0.451. The van der Waals surface area contributed by atoms with Gasteiger partial charge in [0, 0.05) is 24.8 Å². The maximum atomic E-state index is 13.4. The zero-order valence-electron chi connectivity index (χ0n) is 27.3. The van der Waals surface area contributed by atoms with Crippen molar-refractivity contribution in [2.45, 2.75) is 89.2 Å². The van der Waals surface area contributed by atoms with E-state index in [-0.39, 0.29) is 31.6 Å². The molecule has 0 spiro atoms. The van der Waals surface area contributed by atoms with Gasteiger partial charge in [-0.1, -0.05) is 74.8 Å². The van der Waals surface area contributed by atoms with Gasteiger partial charge < -0.3 is 30.0 Å². The number of hydrogen-bond acceptors (Lipinski definition) is 8. The molecule has 47 heavy (non-hydrogen) atoms. The first-order chi connectivity index (χ1) is 22.3. The van der Waals surface area contributed by atoms with Gasteiger partial charge in [0.1, 0.15) is 17.9 Å². The molecule has 3 rings (SSSR count). The Balaban J connectivity index is 1.92. The fourth-order valence-electron chi connectivity index (χ4n) is 5.20. The average Bonchev–Trinajstić information content (AvgIpc) is 3.02. The predicted molar refractivity (Wildman–Crippen MR) is 179 cm³/mol. The fraction of sp³-hybridized carbons (Fsp3) is 0.486. The van der Waals surface area contributed by atoms with Crippen LogP contribution in [0.3, 0.4) is 0 Å². The minimum atomic E-state index is -1.22. The Morgan fingerprint density at radius 1 is 1.02 bits per heavy atom. The van der Waals surface area contributed by atoms with Gasteiger partial charge in [-0.05, 0) is 48.6 Å². The van der Waals surface area contributed by atoms with Crippen LogP contribution in [-0.2, 0) is 35.1 Å². The van der Waals surface area contributed by atoms with Gasteiger partial charge in [0.25, 0.3) is 0 Å². The molecule has 2 aromatic carbocycles. The number of halogens is 2. The summed E-state index contributed by atoms with van der Waals surface area (Å²) in [6.45, 7) is 7.07. The molecule has 1 heterocycles.